The number of nitrogens with zero attached hydrogens (tertiary/aromatic N) is 1. The van der Waals surface area contributed by atoms with Crippen LogP contribution in [-0.2, 0) is 9.47 Å². The van der Waals surface area contributed by atoms with Crippen LogP contribution in [-0.4, -0.2) is 58.5 Å². The lowest BCUT2D eigenvalue weighted by Crippen LogP contribution is -2.34. The second kappa shape index (κ2) is 8.93. The van der Waals surface area contributed by atoms with Gasteiger partial charge in [-0.05, 0) is 0 Å². The van der Waals surface area contributed by atoms with Gasteiger partial charge in [0, 0.05) is 40.4 Å². The first-order valence-electron chi connectivity index (χ1n) is 4.25. The van der Waals surface area contributed by atoms with E-state index in [1.807, 2.05) is 0 Å². The van der Waals surface area contributed by atoms with Crippen molar-refractivity contribution >= 4 is 0 Å². The van der Waals surface area contributed by atoms with Crippen LogP contribution in [0.15, 0.2) is 0 Å². The highest BCUT2D eigenvalue weighted by Crippen LogP contribution is 1.87. The minimum atomic E-state index is 0.688. The van der Waals surface area contributed by atoms with E-state index in [-0.39, 0.29) is 0 Å². The summed E-state index contributed by atoms with van der Waals surface area (Å²) in [6.45, 7) is 4.96. The monoisotopic (exact) mass is 176 g/mol. The predicted molar refractivity (Wildman–Crippen MR) is 49.2 cm³/mol. The molecule has 0 amide bonds. The summed E-state index contributed by atoms with van der Waals surface area (Å²) in [6.07, 6.45) is 0. The van der Waals surface area contributed by atoms with Crippen LogP contribution in [0.4, 0.5) is 0 Å². The van der Waals surface area contributed by atoms with Crippen molar-refractivity contribution in [1.82, 2.24) is 4.90 Å². The number of hydrogen-bond acceptors (Lipinski definition) is 4. The van der Waals surface area contributed by atoms with Gasteiger partial charge in [0.1, 0.15) is 0 Å². The lowest BCUT2D eigenvalue weighted by Gasteiger charge is -2.20. The van der Waals surface area contributed by atoms with Gasteiger partial charge in [-0.15, -0.1) is 0 Å². The van der Waals surface area contributed by atoms with E-state index in [0.717, 1.165) is 32.8 Å². The Balaban J connectivity index is 3.40. The fourth-order valence-corrected chi connectivity index (χ4v) is 0.959. The van der Waals surface area contributed by atoms with Gasteiger partial charge in [0.2, 0.25) is 0 Å². The molecule has 0 aromatic carbocycles. The fraction of sp³-hybridized carbons (Fsp3) is 1.00. The molecule has 0 bridgehead atoms. The molecule has 0 aromatic heterocycles. The van der Waals surface area contributed by atoms with Crippen molar-refractivity contribution in [2.45, 2.75) is 0 Å². The Bertz CT molecular complexity index is 83.1. The molecule has 0 aromatic rings. The van der Waals surface area contributed by atoms with Gasteiger partial charge < -0.3 is 15.2 Å². The lowest BCUT2D eigenvalue weighted by atomic mass is 10.4. The maximum absolute atomic E-state index is 5.45. The van der Waals surface area contributed by atoms with Crippen molar-refractivity contribution in [1.29, 1.82) is 0 Å². The zero-order valence-electron chi connectivity index (χ0n) is 8.08. The molecule has 0 atom stereocenters. The van der Waals surface area contributed by atoms with Gasteiger partial charge in [-0.3, -0.25) is 4.90 Å². The third-order valence-electron chi connectivity index (χ3n) is 1.67. The van der Waals surface area contributed by atoms with Crippen LogP contribution in [0.1, 0.15) is 0 Å². The summed E-state index contributed by atoms with van der Waals surface area (Å²) in [7, 11) is 3.41. The Morgan fingerprint density at radius 1 is 1.00 bits per heavy atom. The van der Waals surface area contributed by atoms with E-state index in [1.165, 1.54) is 0 Å². The molecule has 0 aliphatic rings. The van der Waals surface area contributed by atoms with Crippen LogP contribution >= 0.6 is 0 Å². The zero-order valence-corrected chi connectivity index (χ0v) is 8.08. The molecule has 0 rings (SSSR count). The first-order valence-corrected chi connectivity index (χ1v) is 4.25. The molecule has 0 saturated heterocycles. The molecule has 0 spiro atoms. The number of hydrogen-bond donors (Lipinski definition) is 1. The molecule has 4 heteroatoms. The molecule has 2 N–H and O–H groups in total. The van der Waals surface area contributed by atoms with Crippen LogP contribution in [0, 0.1) is 0 Å². The molecule has 0 unspecified atom stereocenters. The minimum Gasteiger partial charge on any atom is -0.383 e. The van der Waals surface area contributed by atoms with Crippen LogP contribution in [0.3, 0.4) is 0 Å². The highest BCUT2D eigenvalue weighted by molar-refractivity contribution is 4.56. The van der Waals surface area contributed by atoms with Gasteiger partial charge in [0.25, 0.3) is 0 Å². The molecular formula is C8H20N2O2. The second-order valence-corrected chi connectivity index (χ2v) is 2.62. The van der Waals surface area contributed by atoms with Gasteiger partial charge in [0.15, 0.2) is 0 Å². The zero-order chi connectivity index (χ0) is 9.23. The van der Waals surface area contributed by atoms with Crippen LogP contribution in [0.25, 0.3) is 0 Å². The van der Waals surface area contributed by atoms with E-state index in [4.69, 9.17) is 15.2 Å². The summed E-state index contributed by atoms with van der Waals surface area (Å²) in [4.78, 5) is 2.23. The van der Waals surface area contributed by atoms with E-state index in [2.05, 4.69) is 4.90 Å². The number of rotatable bonds is 8. The number of nitrogens with two attached hydrogens (primary N) is 1. The van der Waals surface area contributed by atoms with Crippen molar-refractivity contribution in [3.8, 4) is 0 Å². The highest BCUT2D eigenvalue weighted by atomic mass is 16.5. The average molecular weight is 176 g/mol. The molecule has 0 radical (unpaired) electrons. The van der Waals surface area contributed by atoms with Gasteiger partial charge >= 0.3 is 0 Å². The van der Waals surface area contributed by atoms with E-state index >= 15 is 0 Å². The first-order chi connectivity index (χ1) is 5.85. The molecule has 0 aliphatic heterocycles. The number of ether oxygens (including phenoxy) is 2. The Labute approximate surface area is 74.6 Å². The Kier molecular flexibility index (Phi) is 8.81. The van der Waals surface area contributed by atoms with Crippen LogP contribution in [0.2, 0.25) is 0 Å². The standard InChI is InChI=1S/C8H20N2O2/c1-11-7-5-10(4-3-9)6-8-12-2/h3-9H2,1-2H3. The van der Waals surface area contributed by atoms with E-state index in [9.17, 15) is 0 Å². The lowest BCUT2D eigenvalue weighted by molar-refractivity contribution is 0.116. The summed E-state index contributed by atoms with van der Waals surface area (Å²) in [6, 6.07) is 0. The summed E-state index contributed by atoms with van der Waals surface area (Å²) < 4.78 is 9.95. The molecule has 0 fully saturated rings. The minimum absolute atomic E-state index is 0.688. The summed E-state index contributed by atoms with van der Waals surface area (Å²) >= 11 is 0. The Hall–Kier alpha value is -0.160. The smallest absolute Gasteiger partial charge is 0.0589 e. The maximum Gasteiger partial charge on any atom is 0.0589 e. The number of methoxy groups -OCH3 is 2. The van der Waals surface area contributed by atoms with Gasteiger partial charge in [-0.25, -0.2) is 0 Å². The molecule has 12 heavy (non-hydrogen) atoms. The normalized spacial score (nSPS) is 11.0. The van der Waals surface area contributed by atoms with Crippen LogP contribution < -0.4 is 5.73 Å². The molecule has 74 valence electrons. The summed E-state index contributed by atoms with van der Waals surface area (Å²) in [5.74, 6) is 0. The van der Waals surface area contributed by atoms with Crippen molar-refractivity contribution in [2.75, 3.05) is 53.6 Å². The highest BCUT2D eigenvalue weighted by Gasteiger charge is 2.01. The third kappa shape index (κ3) is 6.54. The Morgan fingerprint density at radius 3 is 1.83 bits per heavy atom. The van der Waals surface area contributed by atoms with Gasteiger partial charge in [-0.1, -0.05) is 0 Å². The predicted octanol–water partition coefficient (Wildman–Crippen LogP) is -0.460. The Morgan fingerprint density at radius 2 is 1.50 bits per heavy atom. The van der Waals surface area contributed by atoms with Crippen LogP contribution in [0.5, 0.6) is 0 Å². The quantitative estimate of drug-likeness (QED) is 0.543. The first kappa shape index (κ1) is 11.8. The van der Waals surface area contributed by atoms with Crippen molar-refractivity contribution in [2.24, 2.45) is 5.73 Å². The largest absolute Gasteiger partial charge is 0.383 e. The molecule has 0 heterocycles. The fourth-order valence-electron chi connectivity index (χ4n) is 0.959. The van der Waals surface area contributed by atoms with Crippen molar-refractivity contribution < 1.29 is 9.47 Å². The third-order valence-corrected chi connectivity index (χ3v) is 1.67. The summed E-state index contributed by atoms with van der Waals surface area (Å²) in [5, 5.41) is 0. The topological polar surface area (TPSA) is 47.7 Å². The van der Waals surface area contributed by atoms with Gasteiger partial charge in [0.05, 0.1) is 13.2 Å². The second-order valence-electron chi connectivity index (χ2n) is 2.62. The summed E-state index contributed by atoms with van der Waals surface area (Å²) in [5.41, 5.74) is 5.45. The van der Waals surface area contributed by atoms with E-state index in [0.29, 0.717) is 6.54 Å². The van der Waals surface area contributed by atoms with E-state index < -0.39 is 0 Å². The molecule has 0 saturated carbocycles. The van der Waals surface area contributed by atoms with Crippen molar-refractivity contribution in [3.63, 3.8) is 0 Å². The van der Waals surface area contributed by atoms with Gasteiger partial charge in [-0.2, -0.15) is 0 Å². The maximum atomic E-state index is 5.45. The molecule has 0 aliphatic carbocycles. The van der Waals surface area contributed by atoms with Crippen molar-refractivity contribution in [3.05, 3.63) is 0 Å². The average Bonchev–Trinajstić information content (AvgIpc) is 2.10. The van der Waals surface area contributed by atoms with E-state index in [1.54, 1.807) is 14.2 Å². The SMILES string of the molecule is COCCN(CCN)CCOC. The molecule has 4 nitrogen and oxygen atoms in total. The molecular weight excluding hydrogens is 156 g/mol.